The number of rotatable bonds is 6. The van der Waals surface area contributed by atoms with Crippen molar-refractivity contribution in [3.8, 4) is 17.1 Å². The molecule has 0 aliphatic rings. The Morgan fingerprint density at radius 2 is 2.00 bits per heavy atom. The fourth-order valence-electron chi connectivity index (χ4n) is 2.23. The van der Waals surface area contributed by atoms with Gasteiger partial charge in [0.1, 0.15) is 11.6 Å². The zero-order chi connectivity index (χ0) is 15.4. The van der Waals surface area contributed by atoms with Gasteiger partial charge in [-0.2, -0.15) is 5.10 Å². The molecule has 3 aromatic rings. The number of methoxy groups -OCH3 is 1. The minimum absolute atomic E-state index is 0.647. The second kappa shape index (κ2) is 6.44. The third kappa shape index (κ3) is 3.17. The van der Waals surface area contributed by atoms with Crippen molar-refractivity contribution >= 4 is 0 Å². The van der Waals surface area contributed by atoms with Crippen molar-refractivity contribution in [1.82, 2.24) is 25.1 Å². The maximum absolute atomic E-state index is 5.15. The first-order chi connectivity index (χ1) is 10.8. The number of aromatic nitrogens is 4. The van der Waals surface area contributed by atoms with Gasteiger partial charge in [-0.3, -0.25) is 5.10 Å². The lowest BCUT2D eigenvalue weighted by Gasteiger charge is -2.03. The average Bonchev–Trinajstić information content (AvgIpc) is 3.17. The minimum Gasteiger partial charge on any atom is -0.497 e. The lowest BCUT2D eigenvalue weighted by Crippen LogP contribution is -2.15. The van der Waals surface area contributed by atoms with E-state index in [1.54, 1.807) is 7.11 Å². The van der Waals surface area contributed by atoms with E-state index < -0.39 is 0 Å². The number of nitrogens with one attached hydrogen (secondary N) is 2. The van der Waals surface area contributed by atoms with Crippen molar-refractivity contribution in [3.63, 3.8) is 0 Å². The van der Waals surface area contributed by atoms with Gasteiger partial charge in [-0.05, 0) is 36.4 Å². The summed E-state index contributed by atoms with van der Waals surface area (Å²) in [5, 5.41) is 10.6. The van der Waals surface area contributed by atoms with E-state index in [1.165, 1.54) is 5.69 Å². The Labute approximate surface area is 129 Å². The molecule has 6 nitrogen and oxygen atoms in total. The van der Waals surface area contributed by atoms with Crippen molar-refractivity contribution < 1.29 is 4.74 Å². The number of aryl methyl sites for hydroxylation is 1. The van der Waals surface area contributed by atoms with Gasteiger partial charge in [0.25, 0.3) is 0 Å². The molecular weight excluding hydrogens is 278 g/mol. The quantitative estimate of drug-likeness (QED) is 0.731. The largest absolute Gasteiger partial charge is 0.497 e. The molecule has 0 aliphatic heterocycles. The highest BCUT2D eigenvalue weighted by molar-refractivity contribution is 5.55. The van der Waals surface area contributed by atoms with Crippen LogP contribution >= 0.6 is 0 Å². The van der Waals surface area contributed by atoms with Gasteiger partial charge in [-0.15, -0.1) is 0 Å². The number of ether oxygens (including phenoxy) is 1. The number of nitrogens with zero attached hydrogens (tertiary/aromatic N) is 3. The van der Waals surface area contributed by atoms with Crippen LogP contribution in [-0.2, 0) is 20.1 Å². The van der Waals surface area contributed by atoms with Crippen molar-refractivity contribution in [1.29, 1.82) is 0 Å². The van der Waals surface area contributed by atoms with Crippen LogP contribution in [0.3, 0.4) is 0 Å². The fourth-order valence-corrected chi connectivity index (χ4v) is 2.23. The lowest BCUT2D eigenvalue weighted by molar-refractivity contribution is 0.415. The van der Waals surface area contributed by atoms with E-state index in [0.717, 1.165) is 23.7 Å². The summed E-state index contributed by atoms with van der Waals surface area (Å²) in [7, 11) is 3.69. The first-order valence-corrected chi connectivity index (χ1v) is 7.13. The standard InChI is InChI=1S/C16H19N5O/c1-21-9-3-4-13(21)10-17-11-15-18-16(20-19-15)12-5-7-14(22-2)8-6-12/h3-9,17H,10-11H2,1-2H3,(H,18,19,20). The number of hydrogen-bond donors (Lipinski definition) is 2. The molecule has 0 saturated carbocycles. The number of H-pyrrole nitrogens is 1. The summed E-state index contributed by atoms with van der Waals surface area (Å²) in [4.78, 5) is 4.50. The Morgan fingerprint density at radius 1 is 1.18 bits per heavy atom. The normalized spacial score (nSPS) is 10.8. The van der Waals surface area contributed by atoms with Crippen molar-refractivity contribution in [2.75, 3.05) is 7.11 Å². The molecule has 0 radical (unpaired) electrons. The summed E-state index contributed by atoms with van der Waals surface area (Å²) in [6, 6.07) is 11.8. The SMILES string of the molecule is COc1ccc(-c2n[nH]c(CNCc3cccn3C)n2)cc1. The van der Waals surface area contributed by atoms with Crippen LogP contribution in [0.4, 0.5) is 0 Å². The van der Waals surface area contributed by atoms with Gasteiger partial charge in [0.15, 0.2) is 5.82 Å². The van der Waals surface area contributed by atoms with Gasteiger partial charge in [0, 0.05) is 31.0 Å². The molecule has 0 unspecified atom stereocenters. The summed E-state index contributed by atoms with van der Waals surface area (Å²) >= 11 is 0. The summed E-state index contributed by atoms with van der Waals surface area (Å²) in [6.45, 7) is 1.44. The molecule has 0 amide bonds. The predicted molar refractivity (Wildman–Crippen MR) is 84.3 cm³/mol. The smallest absolute Gasteiger partial charge is 0.181 e. The highest BCUT2D eigenvalue weighted by atomic mass is 16.5. The molecule has 114 valence electrons. The van der Waals surface area contributed by atoms with Crippen LogP contribution in [0.2, 0.25) is 0 Å². The molecule has 3 rings (SSSR count). The second-order valence-corrected chi connectivity index (χ2v) is 5.05. The molecular formula is C16H19N5O. The van der Waals surface area contributed by atoms with Gasteiger partial charge < -0.3 is 14.6 Å². The van der Waals surface area contributed by atoms with Gasteiger partial charge in [0.05, 0.1) is 13.7 Å². The van der Waals surface area contributed by atoms with Crippen molar-refractivity contribution in [2.24, 2.45) is 7.05 Å². The number of hydrogen-bond acceptors (Lipinski definition) is 4. The van der Waals surface area contributed by atoms with Crippen LogP contribution < -0.4 is 10.1 Å². The average molecular weight is 297 g/mol. The van der Waals surface area contributed by atoms with Crippen LogP contribution in [0.5, 0.6) is 5.75 Å². The van der Waals surface area contributed by atoms with E-state index in [1.807, 2.05) is 43.6 Å². The summed E-state index contributed by atoms with van der Waals surface area (Å²) in [6.07, 6.45) is 2.03. The lowest BCUT2D eigenvalue weighted by atomic mass is 10.2. The Hall–Kier alpha value is -2.60. The summed E-state index contributed by atoms with van der Waals surface area (Å²) in [5.74, 6) is 2.34. The van der Waals surface area contributed by atoms with E-state index in [9.17, 15) is 0 Å². The van der Waals surface area contributed by atoms with Crippen molar-refractivity contribution in [2.45, 2.75) is 13.1 Å². The number of benzene rings is 1. The maximum Gasteiger partial charge on any atom is 0.181 e. The molecule has 0 atom stereocenters. The molecule has 0 saturated heterocycles. The van der Waals surface area contributed by atoms with E-state index in [-0.39, 0.29) is 0 Å². The van der Waals surface area contributed by atoms with Crippen LogP contribution in [0.1, 0.15) is 11.5 Å². The topological polar surface area (TPSA) is 67.8 Å². The van der Waals surface area contributed by atoms with Gasteiger partial charge in [0.2, 0.25) is 0 Å². The molecule has 1 aromatic carbocycles. The molecule has 0 spiro atoms. The van der Waals surface area contributed by atoms with E-state index in [2.05, 4.69) is 31.1 Å². The maximum atomic E-state index is 5.15. The molecule has 22 heavy (non-hydrogen) atoms. The summed E-state index contributed by atoms with van der Waals surface area (Å²) in [5.41, 5.74) is 2.20. The Kier molecular flexibility index (Phi) is 4.20. The first-order valence-electron chi connectivity index (χ1n) is 7.13. The second-order valence-electron chi connectivity index (χ2n) is 5.05. The third-order valence-electron chi connectivity index (χ3n) is 3.53. The van der Waals surface area contributed by atoms with Crippen LogP contribution in [-0.4, -0.2) is 26.9 Å². The van der Waals surface area contributed by atoms with Crippen LogP contribution in [0.25, 0.3) is 11.4 Å². The molecule has 0 fully saturated rings. The third-order valence-corrected chi connectivity index (χ3v) is 3.53. The van der Waals surface area contributed by atoms with Gasteiger partial charge >= 0.3 is 0 Å². The molecule has 0 bridgehead atoms. The fraction of sp³-hybridized carbons (Fsp3) is 0.250. The molecule has 2 N–H and O–H groups in total. The first kappa shape index (κ1) is 14.3. The highest BCUT2D eigenvalue weighted by Gasteiger charge is 2.06. The monoisotopic (exact) mass is 297 g/mol. The zero-order valence-electron chi connectivity index (χ0n) is 12.7. The summed E-state index contributed by atoms with van der Waals surface area (Å²) < 4.78 is 7.24. The van der Waals surface area contributed by atoms with E-state index in [0.29, 0.717) is 12.4 Å². The molecule has 6 heteroatoms. The molecule has 2 aromatic heterocycles. The van der Waals surface area contributed by atoms with E-state index in [4.69, 9.17) is 4.74 Å². The number of aromatic amines is 1. The Balaban J connectivity index is 1.59. The zero-order valence-corrected chi connectivity index (χ0v) is 12.7. The van der Waals surface area contributed by atoms with Gasteiger partial charge in [-0.25, -0.2) is 4.98 Å². The molecule has 0 aliphatic carbocycles. The highest BCUT2D eigenvalue weighted by Crippen LogP contribution is 2.18. The predicted octanol–water partition coefficient (Wildman–Crippen LogP) is 2.11. The van der Waals surface area contributed by atoms with Crippen LogP contribution in [0.15, 0.2) is 42.6 Å². The Bertz CT molecular complexity index is 729. The molecule has 2 heterocycles. The minimum atomic E-state index is 0.647. The van der Waals surface area contributed by atoms with Crippen molar-refractivity contribution in [3.05, 3.63) is 54.1 Å². The van der Waals surface area contributed by atoms with Crippen LogP contribution in [0, 0.1) is 0 Å². The van der Waals surface area contributed by atoms with E-state index >= 15 is 0 Å². The Morgan fingerprint density at radius 3 is 2.68 bits per heavy atom. The van der Waals surface area contributed by atoms with Gasteiger partial charge in [-0.1, -0.05) is 0 Å².